The van der Waals surface area contributed by atoms with Gasteiger partial charge in [0, 0.05) is 6.07 Å². The second-order valence-electron chi connectivity index (χ2n) is 5.38. The average molecular weight is 391 g/mol. The largest absolute Gasteiger partial charge is 0.497 e. The Bertz CT molecular complexity index is 988. The fourth-order valence-corrected chi connectivity index (χ4v) is 2.60. The first-order valence-electron chi connectivity index (χ1n) is 7.83. The maximum absolute atomic E-state index is 13.8. The van der Waals surface area contributed by atoms with E-state index in [-0.39, 0.29) is 16.7 Å². The molecule has 0 atom stereocenters. The van der Waals surface area contributed by atoms with E-state index in [2.05, 4.69) is 10.1 Å². The minimum absolute atomic E-state index is 0.0979. The molecule has 0 radical (unpaired) electrons. The van der Waals surface area contributed by atoms with Gasteiger partial charge in [-0.05, 0) is 35.9 Å². The van der Waals surface area contributed by atoms with Crippen molar-refractivity contribution >= 4 is 22.7 Å². The minimum atomic E-state index is -0.495. The summed E-state index contributed by atoms with van der Waals surface area (Å²) in [5.41, 5.74) is 1.15. The standard InChI is InChI=1S/C19H16ClFN2O4/c1-24-12-5-6-13(17(10-12)26-3)18-22-19(27-23-18)14(20)8-11-4-7-16(25-2)15(21)9-11/h4-10H,1-3H3/b14-8-. The predicted octanol–water partition coefficient (Wildman–Crippen LogP) is 4.64. The Morgan fingerprint density at radius 1 is 1.04 bits per heavy atom. The molecule has 0 saturated heterocycles. The summed E-state index contributed by atoms with van der Waals surface area (Å²) < 4.78 is 34.4. The van der Waals surface area contributed by atoms with Crippen LogP contribution in [-0.2, 0) is 0 Å². The highest BCUT2D eigenvalue weighted by Crippen LogP contribution is 2.33. The molecule has 0 N–H and O–H groups in total. The van der Waals surface area contributed by atoms with Crippen LogP contribution in [-0.4, -0.2) is 31.5 Å². The second kappa shape index (κ2) is 8.09. The van der Waals surface area contributed by atoms with Crippen LogP contribution in [0.4, 0.5) is 4.39 Å². The smallest absolute Gasteiger partial charge is 0.269 e. The maximum Gasteiger partial charge on any atom is 0.269 e. The second-order valence-corrected chi connectivity index (χ2v) is 5.78. The molecule has 0 unspecified atom stereocenters. The zero-order chi connectivity index (χ0) is 19.4. The lowest BCUT2D eigenvalue weighted by molar-refractivity contribution is 0.386. The summed E-state index contributed by atoms with van der Waals surface area (Å²) in [6.45, 7) is 0. The fourth-order valence-electron chi connectivity index (χ4n) is 2.39. The summed E-state index contributed by atoms with van der Waals surface area (Å²) >= 11 is 6.25. The van der Waals surface area contributed by atoms with E-state index in [9.17, 15) is 4.39 Å². The third-order valence-corrected chi connectivity index (χ3v) is 4.02. The van der Waals surface area contributed by atoms with Crippen LogP contribution >= 0.6 is 11.6 Å². The van der Waals surface area contributed by atoms with Gasteiger partial charge in [0.2, 0.25) is 5.82 Å². The van der Waals surface area contributed by atoms with Crippen LogP contribution < -0.4 is 14.2 Å². The lowest BCUT2D eigenvalue weighted by Crippen LogP contribution is -1.91. The maximum atomic E-state index is 13.8. The van der Waals surface area contributed by atoms with Crippen LogP contribution in [0.15, 0.2) is 40.9 Å². The molecule has 0 aliphatic rings. The predicted molar refractivity (Wildman–Crippen MR) is 99.5 cm³/mol. The quantitative estimate of drug-likeness (QED) is 0.611. The number of hydrogen-bond donors (Lipinski definition) is 0. The van der Waals surface area contributed by atoms with Gasteiger partial charge in [-0.3, -0.25) is 0 Å². The van der Waals surface area contributed by atoms with Crippen molar-refractivity contribution in [3.8, 4) is 28.6 Å². The van der Waals surface area contributed by atoms with Crippen molar-refractivity contribution in [3.05, 3.63) is 53.7 Å². The van der Waals surface area contributed by atoms with E-state index in [1.807, 2.05) is 0 Å². The molecule has 0 saturated carbocycles. The molecule has 0 spiro atoms. The first-order chi connectivity index (χ1) is 13.0. The van der Waals surface area contributed by atoms with Crippen LogP contribution in [0.5, 0.6) is 17.2 Å². The van der Waals surface area contributed by atoms with Crippen molar-refractivity contribution < 1.29 is 23.1 Å². The van der Waals surface area contributed by atoms with E-state index in [1.54, 1.807) is 31.4 Å². The summed E-state index contributed by atoms with van der Waals surface area (Å²) in [6, 6.07) is 9.68. The van der Waals surface area contributed by atoms with Gasteiger partial charge in [-0.25, -0.2) is 4.39 Å². The zero-order valence-corrected chi connectivity index (χ0v) is 15.6. The molecule has 8 heteroatoms. The highest BCUT2D eigenvalue weighted by molar-refractivity contribution is 6.50. The summed E-state index contributed by atoms with van der Waals surface area (Å²) in [6.07, 6.45) is 1.52. The Balaban J connectivity index is 1.90. The highest BCUT2D eigenvalue weighted by Gasteiger charge is 2.16. The number of methoxy groups -OCH3 is 3. The van der Waals surface area contributed by atoms with Gasteiger partial charge in [0.25, 0.3) is 5.89 Å². The number of ether oxygens (including phenoxy) is 3. The summed E-state index contributed by atoms with van der Waals surface area (Å²) in [7, 11) is 4.49. The third kappa shape index (κ3) is 4.03. The lowest BCUT2D eigenvalue weighted by atomic mass is 10.2. The van der Waals surface area contributed by atoms with Crippen LogP contribution in [0, 0.1) is 5.82 Å². The zero-order valence-electron chi connectivity index (χ0n) is 14.8. The van der Waals surface area contributed by atoms with Gasteiger partial charge in [0.1, 0.15) is 16.5 Å². The molecule has 3 aromatic rings. The first-order valence-corrected chi connectivity index (χ1v) is 8.20. The number of hydrogen-bond acceptors (Lipinski definition) is 6. The van der Waals surface area contributed by atoms with E-state index in [1.165, 1.54) is 32.4 Å². The van der Waals surface area contributed by atoms with E-state index in [0.717, 1.165) is 0 Å². The molecule has 6 nitrogen and oxygen atoms in total. The molecular formula is C19H16ClFN2O4. The third-order valence-electron chi connectivity index (χ3n) is 3.75. The highest BCUT2D eigenvalue weighted by atomic mass is 35.5. The topological polar surface area (TPSA) is 66.6 Å². The molecule has 1 heterocycles. The molecule has 0 amide bonds. The van der Waals surface area contributed by atoms with Gasteiger partial charge >= 0.3 is 0 Å². The van der Waals surface area contributed by atoms with Gasteiger partial charge in [-0.2, -0.15) is 4.98 Å². The number of benzene rings is 2. The Hall–Kier alpha value is -3.06. The van der Waals surface area contributed by atoms with Crippen molar-refractivity contribution in [1.82, 2.24) is 10.1 Å². The Morgan fingerprint density at radius 3 is 2.48 bits per heavy atom. The van der Waals surface area contributed by atoms with Crippen molar-refractivity contribution in [1.29, 1.82) is 0 Å². The van der Waals surface area contributed by atoms with E-state index in [0.29, 0.717) is 28.5 Å². The van der Waals surface area contributed by atoms with Gasteiger partial charge in [-0.15, -0.1) is 0 Å². The van der Waals surface area contributed by atoms with Gasteiger partial charge in [0.05, 0.1) is 26.9 Å². The van der Waals surface area contributed by atoms with Gasteiger partial charge < -0.3 is 18.7 Å². The molecule has 3 rings (SSSR count). The summed E-state index contributed by atoms with van der Waals surface area (Å²) in [4.78, 5) is 4.28. The van der Waals surface area contributed by atoms with Crippen molar-refractivity contribution in [2.75, 3.05) is 21.3 Å². The van der Waals surface area contributed by atoms with Crippen molar-refractivity contribution in [2.24, 2.45) is 0 Å². The Labute approximate surface area is 160 Å². The van der Waals surface area contributed by atoms with Crippen LogP contribution in [0.3, 0.4) is 0 Å². The average Bonchev–Trinajstić information content (AvgIpc) is 3.17. The van der Waals surface area contributed by atoms with Crippen LogP contribution in [0.2, 0.25) is 0 Å². The van der Waals surface area contributed by atoms with Crippen molar-refractivity contribution in [2.45, 2.75) is 0 Å². The fraction of sp³-hybridized carbons (Fsp3) is 0.158. The Morgan fingerprint density at radius 2 is 1.81 bits per heavy atom. The molecule has 1 aromatic heterocycles. The molecule has 27 heavy (non-hydrogen) atoms. The molecule has 140 valence electrons. The molecule has 2 aromatic carbocycles. The van der Waals surface area contributed by atoms with E-state index >= 15 is 0 Å². The number of halogens is 2. The number of nitrogens with zero attached hydrogens (tertiary/aromatic N) is 2. The van der Waals surface area contributed by atoms with E-state index < -0.39 is 5.82 Å². The first kappa shape index (κ1) is 18.7. The summed E-state index contributed by atoms with van der Waals surface area (Å²) in [5, 5.41) is 4.10. The molecule has 0 aliphatic heterocycles. The van der Waals surface area contributed by atoms with Gasteiger partial charge in [-0.1, -0.05) is 22.8 Å². The number of aromatic nitrogens is 2. The van der Waals surface area contributed by atoms with Crippen LogP contribution in [0.1, 0.15) is 11.5 Å². The molecule has 0 bridgehead atoms. The molecule has 0 fully saturated rings. The van der Waals surface area contributed by atoms with Crippen molar-refractivity contribution in [3.63, 3.8) is 0 Å². The van der Waals surface area contributed by atoms with Gasteiger partial charge in [0.15, 0.2) is 11.6 Å². The lowest BCUT2D eigenvalue weighted by Gasteiger charge is -2.07. The molecule has 0 aliphatic carbocycles. The van der Waals surface area contributed by atoms with E-state index in [4.69, 9.17) is 30.3 Å². The minimum Gasteiger partial charge on any atom is -0.497 e. The van der Waals surface area contributed by atoms with Crippen LogP contribution in [0.25, 0.3) is 22.5 Å². The normalized spacial score (nSPS) is 11.4. The molecular weight excluding hydrogens is 375 g/mol. The monoisotopic (exact) mass is 390 g/mol. The Kier molecular flexibility index (Phi) is 5.61. The summed E-state index contributed by atoms with van der Waals surface area (Å²) in [5.74, 6) is 1.22. The SMILES string of the molecule is COc1ccc(-c2noc(/C(Cl)=C/c3ccc(OC)c(F)c3)n2)c(OC)c1. The number of rotatable bonds is 6.